The van der Waals surface area contributed by atoms with Gasteiger partial charge >= 0.3 is 11.7 Å². The van der Waals surface area contributed by atoms with Gasteiger partial charge in [0.05, 0.1) is 23.2 Å². The topological polar surface area (TPSA) is 111 Å². The molecular weight excluding hydrogens is 455 g/mol. The molecule has 190 valence electrons. The van der Waals surface area contributed by atoms with E-state index in [4.69, 9.17) is 4.74 Å². The Bertz CT molecular complexity index is 1210. The van der Waals surface area contributed by atoms with Gasteiger partial charge in [-0.1, -0.05) is 32.1 Å². The minimum atomic E-state index is -0.728. The van der Waals surface area contributed by atoms with Crippen molar-refractivity contribution in [1.29, 1.82) is 0 Å². The van der Waals surface area contributed by atoms with E-state index in [1.54, 1.807) is 17.6 Å². The highest BCUT2D eigenvalue weighted by Crippen LogP contribution is 2.32. The van der Waals surface area contributed by atoms with Gasteiger partial charge in [0.2, 0.25) is 5.91 Å². The van der Waals surface area contributed by atoms with E-state index in [1.807, 2.05) is 0 Å². The number of benzene rings is 1. The Balaban J connectivity index is 1.72. The van der Waals surface area contributed by atoms with Gasteiger partial charge in [-0.15, -0.1) is 0 Å². The number of esters is 1. The molecule has 0 unspecified atom stereocenters. The summed E-state index contributed by atoms with van der Waals surface area (Å²) in [4.78, 5) is 50.7. The first-order valence-corrected chi connectivity index (χ1v) is 12.6. The standard InChI is InChI=1S/C25H33FN4O5/c1-2-35-23(32)14-27-22(31)15-29-24(33)18-12-19(26)20(28-16-8-4-3-5-9-16)13-21(18)30(25(29)34)17-10-6-7-11-17/h12-13,16-17,28H,2-11,14-15H2,1H3,(H,27,31). The van der Waals surface area contributed by atoms with E-state index in [1.165, 1.54) is 12.5 Å². The van der Waals surface area contributed by atoms with E-state index >= 15 is 4.39 Å². The summed E-state index contributed by atoms with van der Waals surface area (Å²) in [5.74, 6) is -1.85. The van der Waals surface area contributed by atoms with E-state index in [9.17, 15) is 19.2 Å². The Labute approximate surface area is 202 Å². The molecule has 2 aliphatic rings. The van der Waals surface area contributed by atoms with Crippen LogP contribution >= 0.6 is 0 Å². The van der Waals surface area contributed by atoms with Crippen molar-refractivity contribution in [2.75, 3.05) is 18.5 Å². The fourth-order valence-electron chi connectivity index (χ4n) is 5.21. The van der Waals surface area contributed by atoms with Crippen molar-refractivity contribution < 1.29 is 18.7 Å². The second kappa shape index (κ2) is 11.0. The molecule has 4 rings (SSSR count). The number of carbonyl (C=O) groups excluding carboxylic acids is 2. The van der Waals surface area contributed by atoms with Gasteiger partial charge in [0.25, 0.3) is 5.56 Å². The molecule has 0 aliphatic heterocycles. The van der Waals surface area contributed by atoms with E-state index in [2.05, 4.69) is 10.6 Å². The van der Waals surface area contributed by atoms with Crippen molar-refractivity contribution in [2.45, 2.75) is 83.3 Å². The van der Waals surface area contributed by atoms with Crippen LogP contribution in [0, 0.1) is 5.82 Å². The third-order valence-electron chi connectivity index (χ3n) is 6.95. The van der Waals surface area contributed by atoms with Crippen molar-refractivity contribution in [3.63, 3.8) is 0 Å². The summed E-state index contributed by atoms with van der Waals surface area (Å²) in [6.45, 7) is 0.892. The average molecular weight is 489 g/mol. The van der Waals surface area contributed by atoms with Crippen LogP contribution in [-0.4, -0.2) is 40.2 Å². The second-order valence-corrected chi connectivity index (χ2v) is 9.39. The summed E-state index contributed by atoms with van der Waals surface area (Å²) >= 11 is 0. The first-order valence-electron chi connectivity index (χ1n) is 12.6. The van der Waals surface area contributed by atoms with Gasteiger partial charge in [0, 0.05) is 12.1 Å². The maximum absolute atomic E-state index is 15.1. The number of amides is 1. The van der Waals surface area contributed by atoms with Gasteiger partial charge in [-0.2, -0.15) is 0 Å². The maximum Gasteiger partial charge on any atom is 0.332 e. The van der Waals surface area contributed by atoms with Crippen molar-refractivity contribution in [1.82, 2.24) is 14.5 Å². The molecule has 1 amide bonds. The van der Waals surface area contributed by atoms with E-state index < -0.39 is 35.5 Å². The van der Waals surface area contributed by atoms with Crippen LogP contribution in [0.2, 0.25) is 0 Å². The molecule has 2 N–H and O–H groups in total. The first-order chi connectivity index (χ1) is 16.9. The van der Waals surface area contributed by atoms with Crippen molar-refractivity contribution >= 4 is 28.5 Å². The summed E-state index contributed by atoms with van der Waals surface area (Å²) in [6, 6.07) is 2.77. The van der Waals surface area contributed by atoms with Crippen molar-refractivity contribution in [3.05, 3.63) is 38.8 Å². The van der Waals surface area contributed by atoms with Crippen LogP contribution in [0.15, 0.2) is 21.7 Å². The molecule has 9 nitrogen and oxygen atoms in total. The number of halogens is 1. The zero-order valence-corrected chi connectivity index (χ0v) is 20.1. The van der Waals surface area contributed by atoms with Crippen molar-refractivity contribution in [3.8, 4) is 0 Å². The van der Waals surface area contributed by atoms with Gasteiger partial charge in [-0.25, -0.2) is 9.18 Å². The number of fused-ring (bicyclic) bond motifs is 1. The Morgan fingerprint density at radius 2 is 1.74 bits per heavy atom. The normalized spacial score (nSPS) is 17.0. The highest BCUT2D eigenvalue weighted by Gasteiger charge is 2.25. The molecule has 35 heavy (non-hydrogen) atoms. The number of hydrogen-bond donors (Lipinski definition) is 2. The first kappa shape index (κ1) is 24.9. The predicted molar refractivity (Wildman–Crippen MR) is 130 cm³/mol. The molecule has 0 atom stereocenters. The molecule has 0 bridgehead atoms. The molecule has 2 aliphatic carbocycles. The fourth-order valence-corrected chi connectivity index (χ4v) is 5.21. The lowest BCUT2D eigenvalue weighted by molar-refractivity contribution is -0.143. The molecule has 1 heterocycles. The summed E-state index contributed by atoms with van der Waals surface area (Å²) in [5.41, 5.74) is -0.653. The lowest BCUT2D eigenvalue weighted by Crippen LogP contribution is -2.45. The maximum atomic E-state index is 15.1. The van der Waals surface area contributed by atoms with E-state index in [0.29, 0.717) is 11.2 Å². The number of nitrogens with one attached hydrogen (secondary N) is 2. The number of nitrogens with zero attached hydrogens (tertiary/aromatic N) is 2. The highest BCUT2D eigenvalue weighted by molar-refractivity contribution is 5.84. The molecule has 2 fully saturated rings. The van der Waals surface area contributed by atoms with Crippen molar-refractivity contribution in [2.24, 2.45) is 0 Å². The second-order valence-electron chi connectivity index (χ2n) is 9.39. The fraction of sp³-hybridized carbons (Fsp3) is 0.600. The molecule has 1 aromatic carbocycles. The predicted octanol–water partition coefficient (Wildman–Crippen LogP) is 2.84. The minimum absolute atomic E-state index is 0.0568. The zero-order valence-electron chi connectivity index (χ0n) is 20.1. The monoisotopic (exact) mass is 488 g/mol. The number of hydrogen-bond acceptors (Lipinski definition) is 6. The average Bonchev–Trinajstić information content (AvgIpc) is 3.37. The lowest BCUT2D eigenvalue weighted by Gasteiger charge is -2.25. The molecular formula is C25H33FN4O5. The molecule has 1 aromatic heterocycles. The molecule has 10 heteroatoms. The van der Waals surface area contributed by atoms with Gasteiger partial charge in [-0.3, -0.25) is 23.5 Å². The summed E-state index contributed by atoms with van der Waals surface area (Å²) in [6.07, 6.45) is 8.69. The summed E-state index contributed by atoms with van der Waals surface area (Å²) in [7, 11) is 0. The van der Waals surface area contributed by atoms with E-state index in [0.717, 1.165) is 55.9 Å². The van der Waals surface area contributed by atoms with Crippen LogP contribution in [0.25, 0.3) is 10.9 Å². The Morgan fingerprint density at radius 3 is 2.43 bits per heavy atom. The Hall–Kier alpha value is -3.17. The number of rotatable bonds is 8. The van der Waals surface area contributed by atoms with Crippen LogP contribution in [0.5, 0.6) is 0 Å². The van der Waals surface area contributed by atoms with Gasteiger partial charge < -0.3 is 15.4 Å². The third kappa shape index (κ3) is 5.57. The Morgan fingerprint density at radius 1 is 1.06 bits per heavy atom. The summed E-state index contributed by atoms with van der Waals surface area (Å²) < 4.78 is 22.3. The van der Waals surface area contributed by atoms with Crippen LogP contribution in [-0.2, 0) is 20.9 Å². The van der Waals surface area contributed by atoms with Crippen LogP contribution in [0.4, 0.5) is 10.1 Å². The highest BCUT2D eigenvalue weighted by atomic mass is 19.1. The quantitative estimate of drug-likeness (QED) is 0.553. The summed E-state index contributed by atoms with van der Waals surface area (Å²) in [5, 5.41) is 5.70. The van der Waals surface area contributed by atoms with E-state index in [-0.39, 0.29) is 30.6 Å². The van der Waals surface area contributed by atoms with Gasteiger partial charge in [0.1, 0.15) is 18.9 Å². The Kier molecular flexibility index (Phi) is 7.87. The SMILES string of the molecule is CCOC(=O)CNC(=O)Cn1c(=O)c2cc(F)c(NC3CCCCC3)cc2n(C2CCCC2)c1=O. The number of aromatic nitrogens is 2. The minimum Gasteiger partial charge on any atom is -0.465 e. The lowest BCUT2D eigenvalue weighted by atomic mass is 9.95. The number of anilines is 1. The number of ether oxygens (including phenoxy) is 1. The third-order valence-corrected chi connectivity index (χ3v) is 6.95. The molecule has 0 saturated heterocycles. The van der Waals surface area contributed by atoms with Gasteiger partial charge in [0.15, 0.2) is 0 Å². The zero-order chi connectivity index (χ0) is 24.9. The van der Waals surface area contributed by atoms with Crippen LogP contribution < -0.4 is 21.9 Å². The molecule has 2 aromatic rings. The molecule has 0 radical (unpaired) electrons. The number of carbonyl (C=O) groups is 2. The molecule has 0 spiro atoms. The smallest absolute Gasteiger partial charge is 0.332 e. The largest absolute Gasteiger partial charge is 0.465 e. The molecule has 2 saturated carbocycles. The van der Waals surface area contributed by atoms with Gasteiger partial charge in [-0.05, 0) is 44.7 Å². The van der Waals surface area contributed by atoms with Crippen LogP contribution in [0.1, 0.15) is 70.8 Å². The van der Waals surface area contributed by atoms with Crippen LogP contribution in [0.3, 0.4) is 0 Å².